The van der Waals surface area contributed by atoms with Crippen molar-refractivity contribution in [2.75, 3.05) is 5.32 Å². The molecule has 0 saturated carbocycles. The molecule has 26 heavy (non-hydrogen) atoms. The SMILES string of the molecule is Cc1nc(CNc2cc(-c3ccc4[nH]ncc4c3)cc3[nH]ncc23)cs1. The molecular weight excluding hydrogens is 344 g/mol. The normalized spacial score (nSPS) is 11.4. The van der Waals surface area contributed by atoms with Crippen LogP contribution in [0.15, 0.2) is 48.1 Å². The molecule has 3 N–H and O–H groups in total. The van der Waals surface area contributed by atoms with Crippen molar-refractivity contribution in [1.29, 1.82) is 0 Å². The molecule has 0 amide bonds. The summed E-state index contributed by atoms with van der Waals surface area (Å²) in [6, 6.07) is 10.6. The zero-order valence-electron chi connectivity index (χ0n) is 14.1. The molecule has 5 aromatic rings. The second-order valence-corrected chi connectivity index (χ2v) is 7.30. The summed E-state index contributed by atoms with van der Waals surface area (Å²) in [7, 11) is 0. The van der Waals surface area contributed by atoms with E-state index in [0.717, 1.165) is 49.3 Å². The Kier molecular flexibility index (Phi) is 3.46. The first kappa shape index (κ1) is 15.1. The molecule has 128 valence electrons. The van der Waals surface area contributed by atoms with Gasteiger partial charge in [-0.1, -0.05) is 6.07 Å². The van der Waals surface area contributed by atoms with Crippen LogP contribution in [0.3, 0.4) is 0 Å². The minimum atomic E-state index is 0.689. The lowest BCUT2D eigenvalue weighted by Gasteiger charge is -2.10. The summed E-state index contributed by atoms with van der Waals surface area (Å²) in [5, 5.41) is 23.2. The molecule has 6 nitrogen and oxygen atoms in total. The lowest BCUT2D eigenvalue weighted by molar-refractivity contribution is 1.06. The van der Waals surface area contributed by atoms with E-state index in [1.54, 1.807) is 11.3 Å². The molecule has 0 fully saturated rings. The van der Waals surface area contributed by atoms with Crippen LogP contribution in [0.4, 0.5) is 5.69 Å². The highest BCUT2D eigenvalue weighted by Crippen LogP contribution is 2.31. The summed E-state index contributed by atoms with van der Waals surface area (Å²) in [5.41, 5.74) is 6.41. The Balaban J connectivity index is 1.55. The number of benzene rings is 2. The zero-order valence-corrected chi connectivity index (χ0v) is 14.9. The van der Waals surface area contributed by atoms with E-state index < -0.39 is 0 Å². The second-order valence-electron chi connectivity index (χ2n) is 6.24. The largest absolute Gasteiger partial charge is 0.379 e. The minimum Gasteiger partial charge on any atom is -0.379 e. The van der Waals surface area contributed by atoms with Crippen molar-refractivity contribution in [3.63, 3.8) is 0 Å². The van der Waals surface area contributed by atoms with Gasteiger partial charge in [0.05, 0.1) is 40.7 Å². The first-order valence-corrected chi connectivity index (χ1v) is 9.20. The van der Waals surface area contributed by atoms with Crippen molar-refractivity contribution in [3.05, 3.63) is 58.8 Å². The van der Waals surface area contributed by atoms with Crippen LogP contribution >= 0.6 is 11.3 Å². The van der Waals surface area contributed by atoms with E-state index >= 15 is 0 Å². The number of hydrogen-bond acceptors (Lipinski definition) is 5. The molecular formula is C19H16N6S. The smallest absolute Gasteiger partial charge is 0.0898 e. The molecule has 2 aromatic carbocycles. The van der Waals surface area contributed by atoms with Gasteiger partial charge in [0.1, 0.15) is 0 Å². The van der Waals surface area contributed by atoms with Gasteiger partial charge in [-0.25, -0.2) is 4.98 Å². The van der Waals surface area contributed by atoms with Crippen molar-refractivity contribution < 1.29 is 0 Å². The summed E-state index contributed by atoms with van der Waals surface area (Å²) < 4.78 is 0. The maximum atomic E-state index is 4.52. The van der Waals surface area contributed by atoms with Crippen LogP contribution in [0.25, 0.3) is 32.9 Å². The maximum absolute atomic E-state index is 4.52. The van der Waals surface area contributed by atoms with E-state index in [9.17, 15) is 0 Å². The van der Waals surface area contributed by atoms with Crippen LogP contribution in [-0.4, -0.2) is 25.4 Å². The lowest BCUT2D eigenvalue weighted by atomic mass is 10.0. The van der Waals surface area contributed by atoms with Crippen molar-refractivity contribution in [2.24, 2.45) is 0 Å². The zero-order chi connectivity index (χ0) is 17.5. The van der Waals surface area contributed by atoms with Crippen molar-refractivity contribution in [2.45, 2.75) is 13.5 Å². The van der Waals surface area contributed by atoms with Gasteiger partial charge in [-0.3, -0.25) is 10.2 Å². The Labute approximate surface area is 153 Å². The quantitative estimate of drug-likeness (QED) is 0.441. The number of anilines is 1. The summed E-state index contributed by atoms with van der Waals surface area (Å²) >= 11 is 1.67. The van der Waals surface area contributed by atoms with Gasteiger partial charge in [-0.2, -0.15) is 10.2 Å². The Morgan fingerprint density at radius 3 is 2.77 bits per heavy atom. The number of fused-ring (bicyclic) bond motifs is 2. The number of aryl methyl sites for hydroxylation is 1. The highest BCUT2D eigenvalue weighted by Gasteiger charge is 2.09. The molecule has 0 aliphatic carbocycles. The number of nitrogens with zero attached hydrogens (tertiary/aromatic N) is 3. The van der Waals surface area contributed by atoms with Crippen LogP contribution in [0.5, 0.6) is 0 Å². The van der Waals surface area contributed by atoms with Gasteiger partial charge in [-0.05, 0) is 42.3 Å². The van der Waals surface area contributed by atoms with Gasteiger partial charge >= 0.3 is 0 Å². The predicted molar refractivity (Wildman–Crippen MR) is 105 cm³/mol. The number of rotatable bonds is 4. The van der Waals surface area contributed by atoms with E-state index in [4.69, 9.17) is 0 Å². The van der Waals surface area contributed by atoms with E-state index in [-0.39, 0.29) is 0 Å². The number of aromatic amines is 2. The predicted octanol–water partition coefficient (Wildman–Crippen LogP) is 4.48. The number of nitrogens with one attached hydrogen (secondary N) is 3. The van der Waals surface area contributed by atoms with Crippen molar-refractivity contribution >= 4 is 38.8 Å². The van der Waals surface area contributed by atoms with Crippen LogP contribution < -0.4 is 5.32 Å². The van der Waals surface area contributed by atoms with Crippen LogP contribution in [0.2, 0.25) is 0 Å². The van der Waals surface area contributed by atoms with Gasteiger partial charge in [0.15, 0.2) is 0 Å². The van der Waals surface area contributed by atoms with E-state index in [2.05, 4.69) is 66.4 Å². The van der Waals surface area contributed by atoms with E-state index in [1.165, 1.54) is 0 Å². The Hall–Kier alpha value is -3.19. The monoisotopic (exact) mass is 360 g/mol. The first-order valence-electron chi connectivity index (χ1n) is 8.32. The molecule has 0 saturated heterocycles. The first-order chi connectivity index (χ1) is 12.8. The molecule has 0 bridgehead atoms. The third kappa shape index (κ3) is 2.62. The molecule has 0 radical (unpaired) electrons. The molecule has 3 heterocycles. The number of thiazole rings is 1. The van der Waals surface area contributed by atoms with Gasteiger partial charge in [-0.15, -0.1) is 11.3 Å². The molecule has 3 aromatic heterocycles. The number of H-pyrrole nitrogens is 2. The molecule has 0 aliphatic heterocycles. The minimum absolute atomic E-state index is 0.689. The van der Waals surface area contributed by atoms with E-state index in [1.807, 2.05) is 19.3 Å². The van der Waals surface area contributed by atoms with Gasteiger partial charge in [0.25, 0.3) is 0 Å². The van der Waals surface area contributed by atoms with Crippen LogP contribution in [0, 0.1) is 6.92 Å². The Morgan fingerprint density at radius 2 is 1.88 bits per heavy atom. The molecule has 0 atom stereocenters. The molecule has 0 spiro atoms. The number of aromatic nitrogens is 5. The van der Waals surface area contributed by atoms with Gasteiger partial charge < -0.3 is 5.32 Å². The van der Waals surface area contributed by atoms with Gasteiger partial charge in [0, 0.05) is 21.8 Å². The second kappa shape index (κ2) is 5.96. The third-order valence-corrected chi connectivity index (χ3v) is 5.28. The summed E-state index contributed by atoms with van der Waals surface area (Å²) in [4.78, 5) is 4.52. The molecule has 7 heteroatoms. The fourth-order valence-corrected chi connectivity index (χ4v) is 3.77. The number of hydrogen-bond donors (Lipinski definition) is 3. The van der Waals surface area contributed by atoms with E-state index in [0.29, 0.717) is 6.54 Å². The standard InChI is InChI=1S/C19H16N6S/c1-11-23-15(10-26-11)8-20-18-5-13(6-19-16(18)9-22-25-19)12-2-3-17-14(4-12)7-21-24-17/h2-7,9-10,20H,8H2,1H3,(H,21,24)(H,22,25). The molecule has 5 rings (SSSR count). The lowest BCUT2D eigenvalue weighted by Crippen LogP contribution is -2.00. The highest BCUT2D eigenvalue weighted by atomic mass is 32.1. The summed E-state index contributed by atoms with van der Waals surface area (Å²) in [6.07, 6.45) is 3.70. The van der Waals surface area contributed by atoms with Crippen molar-refractivity contribution in [3.8, 4) is 11.1 Å². The average molecular weight is 360 g/mol. The summed E-state index contributed by atoms with van der Waals surface area (Å²) in [6.45, 7) is 2.71. The Bertz CT molecular complexity index is 1220. The van der Waals surface area contributed by atoms with Crippen molar-refractivity contribution in [1.82, 2.24) is 25.4 Å². The topological polar surface area (TPSA) is 82.3 Å². The fraction of sp³-hybridized carbons (Fsp3) is 0.105. The Morgan fingerprint density at radius 1 is 1.00 bits per heavy atom. The molecule has 0 aliphatic rings. The average Bonchev–Trinajstić information content (AvgIpc) is 3.39. The van der Waals surface area contributed by atoms with Crippen LogP contribution in [0.1, 0.15) is 10.7 Å². The fourth-order valence-electron chi connectivity index (χ4n) is 3.16. The summed E-state index contributed by atoms with van der Waals surface area (Å²) in [5.74, 6) is 0. The van der Waals surface area contributed by atoms with Crippen LogP contribution in [-0.2, 0) is 6.54 Å². The van der Waals surface area contributed by atoms with Gasteiger partial charge in [0.2, 0.25) is 0 Å². The highest BCUT2D eigenvalue weighted by molar-refractivity contribution is 7.09. The third-order valence-electron chi connectivity index (χ3n) is 4.46. The maximum Gasteiger partial charge on any atom is 0.0898 e. The molecule has 0 unspecified atom stereocenters.